The fraction of sp³-hybridized carbons (Fsp3) is 0.417. The molecule has 0 aliphatic rings. The molecule has 0 aliphatic heterocycles. The molecule has 1 aromatic carbocycles. The highest BCUT2D eigenvalue weighted by Gasteiger charge is 2.08. The van der Waals surface area contributed by atoms with Gasteiger partial charge in [-0.3, -0.25) is 4.79 Å². The Labute approximate surface area is 105 Å². The molecule has 0 aliphatic carbocycles. The molecule has 0 radical (unpaired) electrons. The summed E-state index contributed by atoms with van der Waals surface area (Å²) in [5.74, 6) is 2.59. The van der Waals surface area contributed by atoms with Crippen LogP contribution >= 0.6 is 23.4 Å². The van der Waals surface area contributed by atoms with Crippen LogP contribution in [0.3, 0.4) is 0 Å². The average Bonchev–Trinajstić information content (AvgIpc) is 2.26. The second kappa shape index (κ2) is 6.81. The zero-order valence-corrected chi connectivity index (χ0v) is 11.0. The van der Waals surface area contributed by atoms with Crippen molar-refractivity contribution in [2.75, 3.05) is 18.1 Å². The van der Waals surface area contributed by atoms with Gasteiger partial charge in [0.25, 0.3) is 0 Å². The van der Waals surface area contributed by atoms with Gasteiger partial charge in [0.15, 0.2) is 5.78 Å². The van der Waals surface area contributed by atoms with Crippen LogP contribution in [-0.4, -0.2) is 23.9 Å². The van der Waals surface area contributed by atoms with E-state index in [-0.39, 0.29) is 5.78 Å². The number of Topliss-reactive ketones (excluding diaryl/α,β-unsaturated/α-hetero) is 1. The van der Waals surface area contributed by atoms with Crippen molar-refractivity contribution in [3.05, 3.63) is 28.8 Å². The maximum absolute atomic E-state index is 11.4. The Bertz CT molecular complexity index is 366. The molecule has 0 amide bonds. The van der Waals surface area contributed by atoms with Gasteiger partial charge >= 0.3 is 0 Å². The van der Waals surface area contributed by atoms with E-state index >= 15 is 0 Å². The fourth-order valence-corrected chi connectivity index (χ4v) is 1.92. The van der Waals surface area contributed by atoms with Crippen molar-refractivity contribution in [3.63, 3.8) is 0 Å². The lowest BCUT2D eigenvalue weighted by molar-refractivity contribution is 0.101. The first kappa shape index (κ1) is 13.4. The van der Waals surface area contributed by atoms with Crippen LogP contribution in [0.1, 0.15) is 24.2 Å². The number of halogens is 1. The molecule has 88 valence electrons. The predicted octanol–water partition coefficient (Wildman–Crippen LogP) is 3.67. The number of carbonyl (C=O) groups is 1. The van der Waals surface area contributed by atoms with E-state index in [9.17, 15) is 4.79 Å². The van der Waals surface area contributed by atoms with Crippen molar-refractivity contribution in [2.45, 2.75) is 13.8 Å². The van der Waals surface area contributed by atoms with Crippen molar-refractivity contribution in [1.82, 2.24) is 0 Å². The van der Waals surface area contributed by atoms with Gasteiger partial charge in [0.2, 0.25) is 0 Å². The van der Waals surface area contributed by atoms with Crippen molar-refractivity contribution in [3.8, 4) is 5.75 Å². The number of hydrogen-bond donors (Lipinski definition) is 0. The van der Waals surface area contributed by atoms with Crippen LogP contribution in [0.2, 0.25) is 5.02 Å². The summed E-state index contributed by atoms with van der Waals surface area (Å²) < 4.78 is 5.56. The van der Waals surface area contributed by atoms with Crippen molar-refractivity contribution in [1.29, 1.82) is 0 Å². The minimum absolute atomic E-state index is 0.0272. The smallest absolute Gasteiger partial charge is 0.163 e. The van der Waals surface area contributed by atoms with E-state index in [1.54, 1.807) is 18.2 Å². The molecule has 0 fully saturated rings. The normalized spacial score (nSPS) is 10.2. The van der Waals surface area contributed by atoms with Crippen molar-refractivity contribution < 1.29 is 9.53 Å². The van der Waals surface area contributed by atoms with Gasteiger partial charge in [-0.2, -0.15) is 11.8 Å². The summed E-state index contributed by atoms with van der Waals surface area (Å²) in [6.45, 7) is 4.23. The molecule has 0 saturated carbocycles. The molecule has 16 heavy (non-hydrogen) atoms. The van der Waals surface area contributed by atoms with E-state index in [0.717, 1.165) is 11.5 Å². The number of thioether (sulfide) groups is 1. The summed E-state index contributed by atoms with van der Waals surface area (Å²) in [7, 11) is 0. The number of ketones is 1. The topological polar surface area (TPSA) is 26.3 Å². The molecular weight excluding hydrogens is 244 g/mol. The zero-order chi connectivity index (χ0) is 12.0. The second-order valence-electron chi connectivity index (χ2n) is 3.24. The Morgan fingerprint density at radius 3 is 2.88 bits per heavy atom. The number of ether oxygens (including phenoxy) is 1. The molecule has 0 heterocycles. The SMILES string of the molecule is CCSCCOc1ccc(Cl)cc1C(C)=O. The number of carbonyl (C=O) groups excluding carboxylic acids is 1. The van der Waals surface area contributed by atoms with Crippen LogP contribution in [0, 0.1) is 0 Å². The van der Waals surface area contributed by atoms with E-state index in [0.29, 0.717) is 22.9 Å². The molecular formula is C12H15ClO2S. The monoisotopic (exact) mass is 258 g/mol. The highest BCUT2D eigenvalue weighted by atomic mass is 35.5. The van der Waals surface area contributed by atoms with Crippen LogP contribution in [0.4, 0.5) is 0 Å². The molecule has 0 saturated heterocycles. The summed E-state index contributed by atoms with van der Waals surface area (Å²) in [4.78, 5) is 11.4. The number of benzene rings is 1. The van der Waals surface area contributed by atoms with Gasteiger partial charge in [-0.15, -0.1) is 0 Å². The average molecular weight is 259 g/mol. The van der Waals surface area contributed by atoms with Crippen LogP contribution in [0.5, 0.6) is 5.75 Å². The maximum Gasteiger partial charge on any atom is 0.163 e. The Morgan fingerprint density at radius 2 is 2.25 bits per heavy atom. The first-order valence-corrected chi connectivity index (χ1v) is 6.69. The van der Waals surface area contributed by atoms with E-state index in [1.165, 1.54) is 6.92 Å². The largest absolute Gasteiger partial charge is 0.492 e. The lowest BCUT2D eigenvalue weighted by atomic mass is 10.1. The predicted molar refractivity (Wildman–Crippen MR) is 70.0 cm³/mol. The summed E-state index contributed by atoms with van der Waals surface area (Å²) in [5.41, 5.74) is 0.550. The van der Waals surface area contributed by atoms with Gasteiger partial charge < -0.3 is 4.74 Å². The quantitative estimate of drug-likeness (QED) is 0.575. The summed E-state index contributed by atoms with van der Waals surface area (Å²) in [5, 5.41) is 0.556. The third-order valence-electron chi connectivity index (χ3n) is 2.01. The Morgan fingerprint density at radius 1 is 1.50 bits per heavy atom. The third-order valence-corrected chi connectivity index (χ3v) is 3.11. The zero-order valence-electron chi connectivity index (χ0n) is 9.46. The molecule has 0 atom stereocenters. The molecule has 1 aromatic rings. The Kier molecular flexibility index (Phi) is 5.71. The van der Waals surface area contributed by atoms with E-state index in [1.807, 2.05) is 11.8 Å². The van der Waals surface area contributed by atoms with Crippen LogP contribution < -0.4 is 4.74 Å². The third kappa shape index (κ3) is 4.06. The highest BCUT2D eigenvalue weighted by molar-refractivity contribution is 7.99. The standard InChI is InChI=1S/C12H15ClO2S/c1-3-16-7-6-15-12-5-4-10(13)8-11(12)9(2)14/h4-5,8H,3,6-7H2,1-2H3. The number of hydrogen-bond acceptors (Lipinski definition) is 3. The maximum atomic E-state index is 11.4. The first-order valence-electron chi connectivity index (χ1n) is 5.16. The minimum atomic E-state index is -0.0272. The van der Waals surface area contributed by atoms with Gasteiger partial charge in [0.1, 0.15) is 5.75 Å². The molecule has 0 unspecified atom stereocenters. The highest BCUT2D eigenvalue weighted by Crippen LogP contribution is 2.23. The van der Waals surface area contributed by atoms with Gasteiger partial charge in [-0.25, -0.2) is 0 Å². The van der Waals surface area contributed by atoms with Crippen LogP contribution in [0.25, 0.3) is 0 Å². The molecule has 2 nitrogen and oxygen atoms in total. The summed E-state index contributed by atoms with van der Waals surface area (Å²) >= 11 is 7.64. The van der Waals surface area contributed by atoms with Crippen LogP contribution in [-0.2, 0) is 0 Å². The Hall–Kier alpha value is -0.670. The molecule has 0 spiro atoms. The fourth-order valence-electron chi connectivity index (χ4n) is 1.26. The summed E-state index contributed by atoms with van der Waals surface area (Å²) in [6.07, 6.45) is 0. The lowest BCUT2D eigenvalue weighted by Gasteiger charge is -2.09. The van der Waals surface area contributed by atoms with E-state index < -0.39 is 0 Å². The number of rotatable bonds is 6. The van der Waals surface area contributed by atoms with Gasteiger partial charge in [0.05, 0.1) is 12.2 Å². The summed E-state index contributed by atoms with van der Waals surface area (Å²) in [6, 6.07) is 5.12. The lowest BCUT2D eigenvalue weighted by Crippen LogP contribution is -2.04. The molecule has 0 bridgehead atoms. The first-order chi connectivity index (χ1) is 7.65. The van der Waals surface area contributed by atoms with Gasteiger partial charge in [-0.05, 0) is 30.9 Å². The molecule has 4 heteroatoms. The van der Waals surface area contributed by atoms with E-state index in [2.05, 4.69) is 6.92 Å². The van der Waals surface area contributed by atoms with Gasteiger partial charge in [0, 0.05) is 10.8 Å². The molecule has 0 aromatic heterocycles. The van der Waals surface area contributed by atoms with E-state index in [4.69, 9.17) is 16.3 Å². The Balaban J connectivity index is 2.67. The second-order valence-corrected chi connectivity index (χ2v) is 5.07. The van der Waals surface area contributed by atoms with Crippen molar-refractivity contribution in [2.24, 2.45) is 0 Å². The van der Waals surface area contributed by atoms with Gasteiger partial charge in [-0.1, -0.05) is 18.5 Å². The minimum Gasteiger partial charge on any atom is -0.492 e. The van der Waals surface area contributed by atoms with Crippen molar-refractivity contribution >= 4 is 29.1 Å². The van der Waals surface area contributed by atoms with Crippen LogP contribution in [0.15, 0.2) is 18.2 Å². The molecule has 0 N–H and O–H groups in total. The molecule has 1 rings (SSSR count).